The smallest absolute Gasteiger partial charge is 0.262 e. The Hall–Kier alpha value is -2.18. The van der Waals surface area contributed by atoms with Gasteiger partial charge in [0.05, 0.1) is 11.7 Å². The fraction of sp³-hybridized carbons (Fsp3) is 0.188. The first-order chi connectivity index (χ1) is 11.0. The summed E-state index contributed by atoms with van der Waals surface area (Å²) in [7, 11) is 0. The van der Waals surface area contributed by atoms with E-state index in [0.717, 1.165) is 5.56 Å². The molecule has 0 atom stereocenters. The van der Waals surface area contributed by atoms with Crippen LogP contribution in [0.1, 0.15) is 12.0 Å². The molecule has 1 amide bonds. The van der Waals surface area contributed by atoms with Crippen molar-refractivity contribution in [3.05, 3.63) is 56.9 Å². The monoisotopic (exact) mass is 347 g/mol. The van der Waals surface area contributed by atoms with Gasteiger partial charge in [-0.1, -0.05) is 17.7 Å². The number of halogens is 1. The highest BCUT2D eigenvalue weighted by molar-refractivity contribution is 7.16. The molecule has 7 heteroatoms. The molecule has 5 nitrogen and oxygen atoms in total. The van der Waals surface area contributed by atoms with Crippen molar-refractivity contribution >= 4 is 44.7 Å². The third-order valence-corrected chi connectivity index (χ3v) is 4.56. The summed E-state index contributed by atoms with van der Waals surface area (Å²) in [5.74, 6) is -0.173. The highest BCUT2D eigenvalue weighted by Gasteiger charge is 2.09. The Morgan fingerprint density at radius 1 is 1.39 bits per heavy atom. The molecule has 0 bridgehead atoms. The van der Waals surface area contributed by atoms with Crippen molar-refractivity contribution in [2.24, 2.45) is 0 Å². The number of fused-ring (bicyclic) bond motifs is 1. The second-order valence-electron chi connectivity index (χ2n) is 5.14. The molecule has 118 valence electrons. The van der Waals surface area contributed by atoms with Gasteiger partial charge in [0.15, 0.2) is 0 Å². The topological polar surface area (TPSA) is 64.0 Å². The molecule has 2 heterocycles. The van der Waals surface area contributed by atoms with Crippen molar-refractivity contribution in [1.29, 1.82) is 0 Å². The largest absolute Gasteiger partial charge is 0.326 e. The standard InChI is InChI=1S/C16H14ClN3O2S/c1-10-2-3-11(17)8-13(10)19-14(21)4-6-20-9-18-15-12(16(20)22)5-7-23-15/h2-3,5,7-9H,4,6H2,1H3,(H,19,21). The SMILES string of the molecule is Cc1ccc(Cl)cc1NC(=O)CCn1cnc2sccc2c1=O. The molecule has 0 fully saturated rings. The minimum Gasteiger partial charge on any atom is -0.326 e. The molecular formula is C16H14ClN3O2S. The van der Waals surface area contributed by atoms with Gasteiger partial charge >= 0.3 is 0 Å². The number of nitrogens with one attached hydrogen (secondary N) is 1. The summed E-state index contributed by atoms with van der Waals surface area (Å²) in [4.78, 5) is 29.3. The van der Waals surface area contributed by atoms with Crippen LogP contribution in [0.5, 0.6) is 0 Å². The van der Waals surface area contributed by atoms with Crippen LogP contribution in [-0.4, -0.2) is 15.5 Å². The van der Waals surface area contributed by atoms with Crippen LogP contribution in [0.15, 0.2) is 40.8 Å². The van der Waals surface area contributed by atoms with Crippen molar-refractivity contribution in [1.82, 2.24) is 9.55 Å². The first-order valence-electron chi connectivity index (χ1n) is 7.03. The van der Waals surface area contributed by atoms with Crippen molar-refractivity contribution in [3.8, 4) is 0 Å². The number of carbonyl (C=O) groups is 1. The number of benzene rings is 1. The van der Waals surface area contributed by atoms with E-state index in [2.05, 4.69) is 10.3 Å². The Morgan fingerprint density at radius 3 is 3.04 bits per heavy atom. The highest BCUT2D eigenvalue weighted by Crippen LogP contribution is 2.20. The van der Waals surface area contributed by atoms with Gasteiger partial charge in [0.1, 0.15) is 4.83 Å². The zero-order valence-corrected chi connectivity index (χ0v) is 13.9. The normalized spacial score (nSPS) is 10.9. The highest BCUT2D eigenvalue weighted by atomic mass is 35.5. The quantitative estimate of drug-likeness (QED) is 0.786. The zero-order valence-electron chi connectivity index (χ0n) is 12.4. The summed E-state index contributed by atoms with van der Waals surface area (Å²) in [6.07, 6.45) is 1.67. The molecule has 1 aromatic carbocycles. The van der Waals surface area contributed by atoms with Gasteiger partial charge in [0.25, 0.3) is 5.56 Å². The molecule has 0 saturated carbocycles. The van der Waals surface area contributed by atoms with Gasteiger partial charge in [0.2, 0.25) is 5.91 Å². The van der Waals surface area contributed by atoms with E-state index in [1.54, 1.807) is 18.2 Å². The number of carbonyl (C=O) groups excluding carboxylic acids is 1. The molecule has 2 aromatic heterocycles. The van der Waals surface area contributed by atoms with E-state index >= 15 is 0 Å². The van der Waals surface area contributed by atoms with Crippen LogP contribution in [0.2, 0.25) is 5.02 Å². The van der Waals surface area contributed by atoms with Crippen LogP contribution in [-0.2, 0) is 11.3 Å². The average Bonchev–Trinajstić information content (AvgIpc) is 3.00. The van der Waals surface area contributed by atoms with Crippen LogP contribution >= 0.6 is 22.9 Å². The van der Waals surface area contributed by atoms with Gasteiger partial charge in [-0.05, 0) is 36.1 Å². The van der Waals surface area contributed by atoms with E-state index in [0.29, 0.717) is 20.9 Å². The van der Waals surface area contributed by atoms with Crippen molar-refractivity contribution < 1.29 is 4.79 Å². The molecule has 0 spiro atoms. The Labute approximate surface area is 141 Å². The lowest BCUT2D eigenvalue weighted by atomic mass is 10.2. The molecule has 0 saturated heterocycles. The third kappa shape index (κ3) is 3.43. The number of anilines is 1. The van der Waals surface area contributed by atoms with Crippen LogP contribution in [0.4, 0.5) is 5.69 Å². The van der Waals surface area contributed by atoms with Crippen LogP contribution in [0.25, 0.3) is 10.2 Å². The molecule has 0 aliphatic rings. The van der Waals surface area contributed by atoms with Crippen molar-refractivity contribution in [2.45, 2.75) is 19.9 Å². The maximum Gasteiger partial charge on any atom is 0.262 e. The number of aromatic nitrogens is 2. The maximum atomic E-state index is 12.2. The Kier molecular flexibility index (Phi) is 4.45. The fourth-order valence-electron chi connectivity index (χ4n) is 2.22. The first-order valence-corrected chi connectivity index (χ1v) is 8.29. The van der Waals surface area contributed by atoms with E-state index in [-0.39, 0.29) is 24.4 Å². The minimum absolute atomic E-state index is 0.122. The van der Waals surface area contributed by atoms with Gasteiger partial charge in [-0.25, -0.2) is 4.98 Å². The van der Waals surface area contributed by atoms with Crippen LogP contribution in [0.3, 0.4) is 0 Å². The van der Waals surface area contributed by atoms with E-state index < -0.39 is 0 Å². The lowest BCUT2D eigenvalue weighted by Crippen LogP contribution is -2.23. The number of hydrogen-bond acceptors (Lipinski definition) is 4. The van der Waals surface area contributed by atoms with Gasteiger partial charge in [-0.3, -0.25) is 14.2 Å². The minimum atomic E-state index is -0.173. The number of aryl methyl sites for hydroxylation is 2. The lowest BCUT2D eigenvalue weighted by Gasteiger charge is -2.09. The number of nitrogens with zero attached hydrogens (tertiary/aromatic N) is 2. The molecule has 3 aromatic rings. The summed E-state index contributed by atoms with van der Waals surface area (Å²) in [6, 6.07) is 7.08. The van der Waals surface area contributed by atoms with E-state index in [1.165, 1.54) is 22.2 Å². The van der Waals surface area contributed by atoms with Crippen LogP contribution < -0.4 is 10.9 Å². The van der Waals surface area contributed by atoms with Gasteiger partial charge in [-0.2, -0.15) is 0 Å². The molecule has 1 N–H and O–H groups in total. The summed E-state index contributed by atoms with van der Waals surface area (Å²) >= 11 is 7.36. The second-order valence-corrected chi connectivity index (χ2v) is 6.47. The molecular weight excluding hydrogens is 334 g/mol. The number of rotatable bonds is 4. The maximum absolute atomic E-state index is 12.2. The second kappa shape index (κ2) is 6.52. The Bertz CT molecular complexity index is 932. The van der Waals surface area contributed by atoms with E-state index in [4.69, 9.17) is 11.6 Å². The zero-order chi connectivity index (χ0) is 16.4. The van der Waals surface area contributed by atoms with Gasteiger partial charge in [-0.15, -0.1) is 11.3 Å². The summed E-state index contributed by atoms with van der Waals surface area (Å²) in [5, 5.41) is 5.80. The molecule has 0 aliphatic carbocycles. The van der Waals surface area contributed by atoms with Gasteiger partial charge in [0, 0.05) is 23.7 Å². The van der Waals surface area contributed by atoms with E-state index in [9.17, 15) is 9.59 Å². The van der Waals surface area contributed by atoms with Crippen LogP contribution in [0, 0.1) is 6.92 Å². The molecule has 3 rings (SSSR count). The van der Waals surface area contributed by atoms with Crippen molar-refractivity contribution in [2.75, 3.05) is 5.32 Å². The summed E-state index contributed by atoms with van der Waals surface area (Å²) in [6.45, 7) is 2.17. The third-order valence-electron chi connectivity index (χ3n) is 3.50. The van der Waals surface area contributed by atoms with Crippen molar-refractivity contribution in [3.63, 3.8) is 0 Å². The number of hydrogen-bond donors (Lipinski definition) is 1. The summed E-state index contributed by atoms with van der Waals surface area (Å²) in [5.41, 5.74) is 1.49. The number of amides is 1. The average molecular weight is 348 g/mol. The number of thiophene rings is 1. The van der Waals surface area contributed by atoms with Gasteiger partial charge < -0.3 is 5.32 Å². The fourth-order valence-corrected chi connectivity index (χ4v) is 3.11. The Balaban J connectivity index is 1.69. The van der Waals surface area contributed by atoms with E-state index in [1.807, 2.05) is 18.4 Å². The first kappa shape index (κ1) is 15.7. The predicted octanol–water partition coefficient (Wildman–Crippen LogP) is 3.45. The lowest BCUT2D eigenvalue weighted by molar-refractivity contribution is -0.116. The molecule has 0 radical (unpaired) electrons. The molecule has 0 unspecified atom stereocenters. The molecule has 0 aliphatic heterocycles. The summed E-state index contributed by atoms with van der Waals surface area (Å²) < 4.78 is 1.46. The molecule has 23 heavy (non-hydrogen) atoms. The Morgan fingerprint density at radius 2 is 2.22 bits per heavy atom. The predicted molar refractivity (Wildman–Crippen MR) is 93.3 cm³/mol.